The van der Waals surface area contributed by atoms with Crippen LogP contribution in [0, 0.1) is 5.82 Å². The molecule has 0 atom stereocenters. The van der Waals surface area contributed by atoms with E-state index in [1.165, 1.54) is 6.07 Å². The molecule has 3 aromatic carbocycles. The SMILES string of the molecule is COc1ccccc1CNCc1cc(Cl)c(OCc2ccccc2F)c(OC)c1. The second-order valence-corrected chi connectivity index (χ2v) is 6.81. The van der Waals surface area contributed by atoms with Crippen LogP contribution in [0.25, 0.3) is 0 Å². The maximum Gasteiger partial charge on any atom is 0.180 e. The third-order valence-electron chi connectivity index (χ3n) is 4.46. The van der Waals surface area contributed by atoms with Crippen LogP contribution in [-0.4, -0.2) is 14.2 Å². The third kappa shape index (κ3) is 5.40. The van der Waals surface area contributed by atoms with Crippen LogP contribution in [0.1, 0.15) is 16.7 Å². The highest BCUT2D eigenvalue weighted by Crippen LogP contribution is 2.37. The first-order valence-corrected chi connectivity index (χ1v) is 9.55. The molecule has 0 fully saturated rings. The highest BCUT2D eigenvalue weighted by atomic mass is 35.5. The number of methoxy groups -OCH3 is 2. The van der Waals surface area contributed by atoms with E-state index in [4.69, 9.17) is 25.8 Å². The molecule has 0 saturated heterocycles. The average molecular weight is 416 g/mol. The molecule has 0 aromatic heterocycles. The Bertz CT molecular complexity index is 965. The molecular weight excluding hydrogens is 393 g/mol. The highest BCUT2D eigenvalue weighted by molar-refractivity contribution is 6.32. The van der Waals surface area contributed by atoms with E-state index >= 15 is 0 Å². The summed E-state index contributed by atoms with van der Waals surface area (Å²) >= 11 is 6.42. The van der Waals surface area contributed by atoms with Crippen molar-refractivity contribution >= 4 is 11.6 Å². The summed E-state index contributed by atoms with van der Waals surface area (Å²) in [5.74, 6) is 1.42. The number of benzene rings is 3. The van der Waals surface area contributed by atoms with Crippen LogP contribution in [0.5, 0.6) is 17.2 Å². The topological polar surface area (TPSA) is 39.7 Å². The zero-order valence-corrected chi connectivity index (χ0v) is 17.1. The molecule has 1 N–H and O–H groups in total. The predicted octanol–water partition coefficient (Wildman–Crippen LogP) is 5.37. The summed E-state index contributed by atoms with van der Waals surface area (Å²) < 4.78 is 30.4. The molecule has 0 aliphatic carbocycles. The molecule has 29 heavy (non-hydrogen) atoms. The molecular formula is C23H23ClFNO3. The van der Waals surface area contributed by atoms with Crippen molar-refractivity contribution in [1.29, 1.82) is 0 Å². The number of para-hydroxylation sites is 1. The molecule has 0 saturated carbocycles. The Kier molecular flexibility index (Phi) is 7.33. The van der Waals surface area contributed by atoms with Gasteiger partial charge in [0.25, 0.3) is 0 Å². The first kappa shape index (κ1) is 21.0. The fourth-order valence-electron chi connectivity index (χ4n) is 2.97. The summed E-state index contributed by atoms with van der Waals surface area (Å²) in [5, 5.41) is 3.78. The fourth-order valence-corrected chi connectivity index (χ4v) is 3.26. The molecule has 6 heteroatoms. The molecule has 0 amide bonds. The normalized spacial score (nSPS) is 10.6. The van der Waals surface area contributed by atoms with Crippen LogP contribution in [0.15, 0.2) is 60.7 Å². The van der Waals surface area contributed by atoms with Gasteiger partial charge in [0.1, 0.15) is 18.2 Å². The van der Waals surface area contributed by atoms with Crippen molar-refractivity contribution in [3.8, 4) is 17.2 Å². The summed E-state index contributed by atoms with van der Waals surface area (Å²) in [6.07, 6.45) is 0. The smallest absolute Gasteiger partial charge is 0.180 e. The van der Waals surface area contributed by atoms with E-state index in [0.717, 1.165) is 16.9 Å². The summed E-state index contributed by atoms with van der Waals surface area (Å²) in [6, 6.07) is 18.0. The van der Waals surface area contributed by atoms with Crippen LogP contribution in [0.4, 0.5) is 4.39 Å². The number of rotatable bonds is 9. The van der Waals surface area contributed by atoms with Crippen molar-refractivity contribution in [2.45, 2.75) is 19.7 Å². The predicted molar refractivity (Wildman–Crippen MR) is 112 cm³/mol. The Labute approximate surface area is 175 Å². The summed E-state index contributed by atoms with van der Waals surface area (Å²) in [4.78, 5) is 0. The van der Waals surface area contributed by atoms with Crippen molar-refractivity contribution < 1.29 is 18.6 Å². The minimum atomic E-state index is -0.320. The van der Waals surface area contributed by atoms with Crippen LogP contribution in [0.2, 0.25) is 5.02 Å². The minimum absolute atomic E-state index is 0.0636. The van der Waals surface area contributed by atoms with Gasteiger partial charge in [-0.25, -0.2) is 4.39 Å². The van der Waals surface area contributed by atoms with Crippen LogP contribution < -0.4 is 19.5 Å². The Hall–Kier alpha value is -2.76. The number of hydrogen-bond acceptors (Lipinski definition) is 4. The van der Waals surface area contributed by atoms with Gasteiger partial charge in [-0.2, -0.15) is 0 Å². The van der Waals surface area contributed by atoms with E-state index in [1.807, 2.05) is 36.4 Å². The second-order valence-electron chi connectivity index (χ2n) is 6.40. The Balaban J connectivity index is 1.67. The van der Waals surface area contributed by atoms with Gasteiger partial charge in [0.05, 0.1) is 19.2 Å². The Morgan fingerprint density at radius 1 is 0.862 bits per heavy atom. The molecule has 0 spiro atoms. The quantitative estimate of drug-likeness (QED) is 0.510. The number of hydrogen-bond donors (Lipinski definition) is 1. The molecule has 0 heterocycles. The van der Waals surface area contributed by atoms with Gasteiger partial charge in [0, 0.05) is 24.2 Å². The van der Waals surface area contributed by atoms with E-state index in [9.17, 15) is 4.39 Å². The van der Waals surface area contributed by atoms with Gasteiger partial charge < -0.3 is 19.5 Å². The molecule has 4 nitrogen and oxygen atoms in total. The molecule has 152 valence electrons. The molecule has 0 bridgehead atoms. The van der Waals surface area contributed by atoms with E-state index < -0.39 is 0 Å². The molecule has 0 radical (unpaired) electrons. The van der Waals surface area contributed by atoms with E-state index in [-0.39, 0.29) is 12.4 Å². The minimum Gasteiger partial charge on any atom is -0.496 e. The summed E-state index contributed by atoms with van der Waals surface area (Å²) in [6.45, 7) is 1.30. The van der Waals surface area contributed by atoms with Crippen LogP contribution in [0.3, 0.4) is 0 Å². The Morgan fingerprint density at radius 2 is 1.55 bits per heavy atom. The monoisotopic (exact) mass is 415 g/mol. The number of nitrogens with one attached hydrogen (secondary N) is 1. The largest absolute Gasteiger partial charge is 0.496 e. The van der Waals surface area contributed by atoms with Crippen molar-refractivity contribution in [1.82, 2.24) is 5.32 Å². The average Bonchev–Trinajstić information content (AvgIpc) is 2.74. The summed E-state index contributed by atoms with van der Waals surface area (Å²) in [7, 11) is 3.21. The zero-order chi connectivity index (χ0) is 20.6. The van der Waals surface area contributed by atoms with Crippen LogP contribution >= 0.6 is 11.6 Å². The van der Waals surface area contributed by atoms with Crippen molar-refractivity contribution in [2.75, 3.05) is 14.2 Å². The van der Waals surface area contributed by atoms with Crippen molar-refractivity contribution in [3.63, 3.8) is 0 Å². The number of ether oxygens (including phenoxy) is 3. The zero-order valence-electron chi connectivity index (χ0n) is 16.4. The lowest BCUT2D eigenvalue weighted by Gasteiger charge is -2.15. The van der Waals surface area contributed by atoms with Gasteiger partial charge in [-0.3, -0.25) is 0 Å². The van der Waals surface area contributed by atoms with Gasteiger partial charge in [-0.15, -0.1) is 0 Å². The number of halogens is 2. The van der Waals surface area contributed by atoms with E-state index in [0.29, 0.717) is 35.2 Å². The standard InChI is InChI=1S/C23H23ClFNO3/c1-27-21-10-6-4-7-17(21)14-26-13-16-11-19(24)23(22(12-16)28-2)29-15-18-8-3-5-9-20(18)25/h3-12,26H,13-15H2,1-2H3. The molecule has 3 aromatic rings. The molecule has 0 aliphatic rings. The fraction of sp³-hybridized carbons (Fsp3) is 0.217. The Morgan fingerprint density at radius 3 is 2.28 bits per heavy atom. The van der Waals surface area contributed by atoms with Gasteiger partial charge >= 0.3 is 0 Å². The lowest BCUT2D eigenvalue weighted by atomic mass is 10.1. The molecule has 0 aliphatic heterocycles. The van der Waals surface area contributed by atoms with E-state index in [2.05, 4.69) is 5.32 Å². The highest BCUT2D eigenvalue weighted by Gasteiger charge is 2.13. The first-order valence-electron chi connectivity index (χ1n) is 9.17. The van der Waals surface area contributed by atoms with Crippen molar-refractivity contribution in [2.24, 2.45) is 0 Å². The van der Waals surface area contributed by atoms with Gasteiger partial charge in [-0.05, 0) is 29.8 Å². The maximum atomic E-state index is 13.8. The third-order valence-corrected chi connectivity index (χ3v) is 4.74. The molecule has 0 unspecified atom stereocenters. The van der Waals surface area contributed by atoms with Crippen LogP contribution in [-0.2, 0) is 19.7 Å². The lowest BCUT2D eigenvalue weighted by Crippen LogP contribution is -2.13. The lowest BCUT2D eigenvalue weighted by molar-refractivity contribution is 0.279. The van der Waals surface area contributed by atoms with E-state index in [1.54, 1.807) is 32.4 Å². The molecule has 3 rings (SSSR count). The summed E-state index contributed by atoms with van der Waals surface area (Å²) in [5.41, 5.74) is 2.46. The van der Waals surface area contributed by atoms with Crippen molar-refractivity contribution in [3.05, 3.63) is 88.2 Å². The van der Waals surface area contributed by atoms with Gasteiger partial charge in [0.2, 0.25) is 0 Å². The maximum absolute atomic E-state index is 13.8. The first-order chi connectivity index (χ1) is 14.1. The second kappa shape index (κ2) is 10.1. The van der Waals surface area contributed by atoms with Gasteiger partial charge in [-0.1, -0.05) is 48.0 Å². The van der Waals surface area contributed by atoms with Gasteiger partial charge in [0.15, 0.2) is 11.5 Å².